The van der Waals surface area contributed by atoms with Crippen LogP contribution in [0.5, 0.6) is 0 Å². The fourth-order valence-corrected chi connectivity index (χ4v) is 4.85. The van der Waals surface area contributed by atoms with E-state index in [0.29, 0.717) is 23.0 Å². The van der Waals surface area contributed by atoms with E-state index in [4.69, 9.17) is 12.7 Å². The Balaban J connectivity index is 2.00. The second kappa shape index (κ2) is 7.07. The highest BCUT2D eigenvalue weighted by Crippen LogP contribution is 2.44. The number of amidine groups is 1. The quantitative estimate of drug-likeness (QED) is 0.681. The lowest BCUT2D eigenvalue weighted by Crippen LogP contribution is -2.55. The molecular formula is C17H20BBrFN3O2S. The minimum atomic E-state index is -0.797. The van der Waals surface area contributed by atoms with Crippen molar-refractivity contribution in [1.82, 2.24) is 10.2 Å². The Morgan fingerprint density at radius 1 is 1.54 bits per heavy atom. The Hall–Kier alpha value is -1.22. The topological polar surface area (TPSA) is 53.9 Å². The summed E-state index contributed by atoms with van der Waals surface area (Å²) in [7, 11) is 5.47. The van der Waals surface area contributed by atoms with Gasteiger partial charge in [0.2, 0.25) is 0 Å². The van der Waals surface area contributed by atoms with Crippen LogP contribution in [-0.4, -0.2) is 48.6 Å². The number of carbonyl (C=O) groups excluding carboxylic acids is 1. The van der Waals surface area contributed by atoms with Crippen LogP contribution in [0.25, 0.3) is 0 Å². The first-order valence-electron chi connectivity index (χ1n) is 8.27. The predicted octanol–water partition coefficient (Wildman–Crippen LogP) is 3.43. The Labute approximate surface area is 166 Å². The number of rotatable bonds is 1. The summed E-state index contributed by atoms with van der Waals surface area (Å²) in [5.41, 5.74) is -0.899. The summed E-state index contributed by atoms with van der Waals surface area (Å²) in [5, 5.41) is 3.82. The molecule has 0 aromatic heterocycles. The molecule has 2 aliphatic rings. The lowest BCUT2D eigenvalue weighted by molar-refractivity contribution is 0.0280. The third-order valence-corrected chi connectivity index (χ3v) is 6.05. The molecule has 0 saturated carbocycles. The zero-order valence-corrected chi connectivity index (χ0v) is 17.3. The molecule has 1 amide bonds. The van der Waals surface area contributed by atoms with Crippen molar-refractivity contribution in [2.24, 2.45) is 10.8 Å². The van der Waals surface area contributed by atoms with Gasteiger partial charge in [-0.2, -0.15) is 0 Å². The first-order chi connectivity index (χ1) is 12.1. The third kappa shape index (κ3) is 3.74. The number of fused-ring (bicyclic) bond motifs is 1. The van der Waals surface area contributed by atoms with Crippen molar-refractivity contribution < 1.29 is 13.9 Å². The average molecular weight is 440 g/mol. The molecule has 0 spiro atoms. The monoisotopic (exact) mass is 439 g/mol. The number of halogens is 2. The maximum absolute atomic E-state index is 14.7. The van der Waals surface area contributed by atoms with Gasteiger partial charge in [-0.1, -0.05) is 27.7 Å². The maximum Gasteiger partial charge on any atom is 0.410 e. The molecule has 138 valence electrons. The number of hydrogen-bond acceptors (Lipinski definition) is 4. The van der Waals surface area contributed by atoms with Crippen LogP contribution in [-0.2, 0) is 10.3 Å². The average Bonchev–Trinajstić information content (AvgIpc) is 2.95. The van der Waals surface area contributed by atoms with Gasteiger partial charge in [-0.25, -0.2) is 9.18 Å². The molecule has 0 bridgehead atoms. The third-order valence-electron chi connectivity index (χ3n) is 4.51. The molecular weight excluding hydrogens is 420 g/mol. The van der Waals surface area contributed by atoms with Gasteiger partial charge < -0.3 is 19.9 Å². The van der Waals surface area contributed by atoms with Crippen LogP contribution in [0.2, 0.25) is 0 Å². The van der Waals surface area contributed by atoms with E-state index in [1.807, 2.05) is 20.8 Å². The minimum Gasteiger partial charge on any atom is -0.444 e. The highest BCUT2D eigenvalue weighted by molar-refractivity contribution is 9.10. The highest BCUT2D eigenvalue weighted by Gasteiger charge is 2.53. The first-order valence-corrected chi connectivity index (χ1v) is 10.0. The van der Waals surface area contributed by atoms with E-state index >= 15 is 0 Å². The number of benzene rings is 1. The fraction of sp³-hybridized carbons (Fsp3) is 0.529. The normalized spacial score (nSPS) is 27.2. The molecule has 3 rings (SSSR count). The Morgan fingerprint density at radius 2 is 2.27 bits per heavy atom. The standard InChI is InChI=1S/C17H20BBrFN3O2S/c1-16(2,3)25-15(24)23-7-10-8-26-14(22-18)21-17(10,9-23)12-6-11(19)4-5-13(12)20/h4-6,10H,7-9H2,1-3H3,(H,21,22)/t10-,17-/m1/s1. The zero-order valence-electron chi connectivity index (χ0n) is 14.9. The van der Waals surface area contributed by atoms with Crippen LogP contribution in [0.1, 0.15) is 26.3 Å². The summed E-state index contributed by atoms with van der Waals surface area (Å²) in [5.74, 6) is 0.336. The Kier molecular flexibility index (Phi) is 5.32. The zero-order chi connectivity index (χ0) is 19.1. The summed E-state index contributed by atoms with van der Waals surface area (Å²) in [6.45, 7) is 6.22. The van der Waals surface area contributed by atoms with Crippen molar-refractivity contribution in [1.29, 1.82) is 0 Å². The van der Waals surface area contributed by atoms with Gasteiger partial charge in [0, 0.05) is 28.3 Å². The molecule has 2 aliphatic heterocycles. The van der Waals surface area contributed by atoms with Gasteiger partial charge in [-0.05, 0) is 39.0 Å². The summed E-state index contributed by atoms with van der Waals surface area (Å²) >= 11 is 4.88. The second-order valence-electron chi connectivity index (χ2n) is 7.52. The first kappa shape index (κ1) is 19.5. The predicted molar refractivity (Wildman–Crippen MR) is 106 cm³/mol. The van der Waals surface area contributed by atoms with E-state index in [1.54, 1.807) is 17.0 Å². The minimum absolute atomic E-state index is 0.00526. The summed E-state index contributed by atoms with van der Waals surface area (Å²) in [4.78, 5) is 18.0. The number of hydrogen-bond donors (Lipinski definition) is 1. The summed E-state index contributed by atoms with van der Waals surface area (Å²) < 4.78 is 21.0. The largest absolute Gasteiger partial charge is 0.444 e. The van der Waals surface area contributed by atoms with Gasteiger partial charge in [-0.3, -0.25) is 0 Å². The van der Waals surface area contributed by atoms with Gasteiger partial charge >= 0.3 is 6.09 Å². The molecule has 5 nitrogen and oxygen atoms in total. The van der Waals surface area contributed by atoms with E-state index < -0.39 is 17.2 Å². The van der Waals surface area contributed by atoms with Crippen LogP contribution in [0.3, 0.4) is 0 Å². The smallest absolute Gasteiger partial charge is 0.410 e. The van der Waals surface area contributed by atoms with Crippen molar-refractivity contribution in [3.63, 3.8) is 0 Å². The van der Waals surface area contributed by atoms with Crippen molar-refractivity contribution in [2.45, 2.75) is 31.9 Å². The molecule has 9 heteroatoms. The molecule has 2 saturated heterocycles. The molecule has 0 aliphatic carbocycles. The number of thioether (sulfide) groups is 1. The number of amides is 1. The van der Waals surface area contributed by atoms with Crippen molar-refractivity contribution in [2.75, 3.05) is 18.8 Å². The van der Waals surface area contributed by atoms with Crippen LogP contribution in [0.4, 0.5) is 9.18 Å². The van der Waals surface area contributed by atoms with Gasteiger partial charge in [0.1, 0.15) is 16.6 Å². The van der Waals surface area contributed by atoms with Gasteiger partial charge in [0.05, 0.1) is 12.1 Å². The fourth-order valence-electron chi connectivity index (χ4n) is 3.41. The van der Waals surface area contributed by atoms with Crippen LogP contribution in [0.15, 0.2) is 27.6 Å². The van der Waals surface area contributed by atoms with Crippen molar-refractivity contribution in [3.05, 3.63) is 34.1 Å². The number of nitrogens with zero attached hydrogens (tertiary/aromatic N) is 2. The molecule has 26 heavy (non-hydrogen) atoms. The van der Waals surface area contributed by atoms with Crippen molar-refractivity contribution >= 4 is 46.9 Å². The molecule has 1 N–H and O–H groups in total. The SMILES string of the molecule is [B]N=C1N[C@]2(c3cc(Br)ccc3F)CN(C(=O)OC(C)(C)C)C[C@@H]2CS1. The summed E-state index contributed by atoms with van der Waals surface area (Å²) in [6.07, 6.45) is -0.403. The lowest BCUT2D eigenvalue weighted by Gasteiger charge is -2.41. The number of ether oxygens (including phenoxy) is 1. The molecule has 2 radical (unpaired) electrons. The molecule has 0 unspecified atom stereocenters. The van der Waals surface area contributed by atoms with E-state index in [0.717, 1.165) is 4.47 Å². The molecule has 1 aromatic carbocycles. The van der Waals surface area contributed by atoms with Crippen molar-refractivity contribution in [3.8, 4) is 0 Å². The highest BCUT2D eigenvalue weighted by atomic mass is 79.9. The van der Waals surface area contributed by atoms with E-state index in [2.05, 4.69) is 26.2 Å². The van der Waals surface area contributed by atoms with E-state index in [-0.39, 0.29) is 18.3 Å². The molecule has 2 atom stereocenters. The second-order valence-corrected chi connectivity index (χ2v) is 9.45. The molecule has 2 fully saturated rings. The lowest BCUT2D eigenvalue weighted by atomic mass is 9.81. The van der Waals surface area contributed by atoms with E-state index in [9.17, 15) is 9.18 Å². The number of likely N-dealkylation sites (tertiary alicyclic amines) is 1. The number of nitrogens with one attached hydrogen (secondary N) is 1. The Bertz CT molecular complexity index is 758. The number of carbonyl (C=O) groups is 1. The molecule has 2 heterocycles. The Morgan fingerprint density at radius 3 is 2.92 bits per heavy atom. The summed E-state index contributed by atoms with van der Waals surface area (Å²) in [6, 6.07) is 4.82. The van der Waals surface area contributed by atoms with Gasteiger partial charge in [-0.15, -0.1) is 0 Å². The van der Waals surface area contributed by atoms with Crippen LogP contribution < -0.4 is 5.32 Å². The van der Waals surface area contributed by atoms with Gasteiger partial charge in [0.15, 0.2) is 0 Å². The van der Waals surface area contributed by atoms with Crippen LogP contribution in [0, 0.1) is 11.7 Å². The molecule has 1 aromatic rings. The van der Waals surface area contributed by atoms with Crippen LogP contribution >= 0.6 is 27.7 Å². The van der Waals surface area contributed by atoms with E-state index in [1.165, 1.54) is 17.8 Å². The van der Waals surface area contributed by atoms with Gasteiger partial charge in [0.25, 0.3) is 7.98 Å². The maximum atomic E-state index is 14.7.